The maximum Gasteiger partial charge on any atom is 0.255 e. The van der Waals surface area contributed by atoms with Gasteiger partial charge in [-0.05, 0) is 19.3 Å². The largest absolute Gasteiger partial charge is 0.350 e. The summed E-state index contributed by atoms with van der Waals surface area (Å²) >= 11 is 0. The van der Waals surface area contributed by atoms with Gasteiger partial charge in [-0.15, -0.1) is 0 Å². The Balaban J connectivity index is 1.69. The van der Waals surface area contributed by atoms with Gasteiger partial charge in [0.2, 0.25) is 5.95 Å². The van der Waals surface area contributed by atoms with Gasteiger partial charge >= 0.3 is 0 Å². The van der Waals surface area contributed by atoms with Crippen LogP contribution in [-0.2, 0) is 13.1 Å². The number of aromatic nitrogens is 4. The van der Waals surface area contributed by atoms with Gasteiger partial charge in [0.05, 0.1) is 29.7 Å². The first-order valence-corrected chi connectivity index (χ1v) is 9.39. The molecule has 0 saturated heterocycles. The number of carbonyl (C=O) groups excluding carboxylic acids is 1. The van der Waals surface area contributed by atoms with Crippen molar-refractivity contribution in [1.82, 2.24) is 25.1 Å². The lowest BCUT2D eigenvalue weighted by Gasteiger charge is -2.29. The monoisotopic (exact) mass is 355 g/mol. The Morgan fingerprint density at radius 1 is 1.35 bits per heavy atom. The van der Waals surface area contributed by atoms with Crippen LogP contribution in [-0.4, -0.2) is 37.7 Å². The Bertz CT molecular complexity index is 816. The van der Waals surface area contributed by atoms with E-state index in [2.05, 4.69) is 32.6 Å². The fourth-order valence-electron chi connectivity index (χ4n) is 3.74. The molecule has 0 spiro atoms. The van der Waals surface area contributed by atoms with Crippen molar-refractivity contribution in [2.75, 3.05) is 5.32 Å². The van der Waals surface area contributed by atoms with Gasteiger partial charge in [-0.3, -0.25) is 9.48 Å². The number of aryl methyl sites for hydroxylation is 1. The van der Waals surface area contributed by atoms with Gasteiger partial charge in [-0.25, -0.2) is 9.97 Å². The van der Waals surface area contributed by atoms with Gasteiger partial charge < -0.3 is 16.4 Å². The van der Waals surface area contributed by atoms with Crippen molar-refractivity contribution in [3.8, 4) is 11.3 Å². The van der Waals surface area contributed by atoms with E-state index >= 15 is 0 Å². The molecule has 8 heteroatoms. The van der Waals surface area contributed by atoms with Crippen LogP contribution in [0, 0.1) is 0 Å². The number of hydrogen-bond donors (Lipinski definition) is 3. The summed E-state index contributed by atoms with van der Waals surface area (Å²) in [5, 5.41) is 10.6. The second kappa shape index (κ2) is 7.03. The lowest BCUT2D eigenvalue weighted by atomic mass is 9.91. The Kier molecular flexibility index (Phi) is 4.58. The molecule has 4 rings (SSSR count). The molecule has 0 aromatic carbocycles. The highest BCUT2D eigenvalue weighted by Crippen LogP contribution is 2.29. The van der Waals surface area contributed by atoms with Gasteiger partial charge in [0.25, 0.3) is 5.91 Å². The van der Waals surface area contributed by atoms with E-state index in [0.717, 1.165) is 43.5 Å². The molecule has 2 aromatic rings. The molecular formula is C18H25N7O. The first-order valence-electron chi connectivity index (χ1n) is 9.39. The molecule has 1 fully saturated rings. The molecule has 1 amide bonds. The Morgan fingerprint density at radius 3 is 3.00 bits per heavy atom. The van der Waals surface area contributed by atoms with Crippen LogP contribution in [0.25, 0.3) is 11.3 Å². The summed E-state index contributed by atoms with van der Waals surface area (Å²) in [5.74, 6) is 0.417. The van der Waals surface area contributed by atoms with Crippen LogP contribution in [0.3, 0.4) is 0 Å². The molecule has 0 bridgehead atoms. The minimum atomic E-state index is -0.126. The van der Waals surface area contributed by atoms with Crippen LogP contribution in [0.2, 0.25) is 0 Å². The lowest BCUT2D eigenvalue weighted by Crippen LogP contribution is -2.43. The maximum absolute atomic E-state index is 12.3. The van der Waals surface area contributed by atoms with E-state index in [9.17, 15) is 4.79 Å². The third-order valence-electron chi connectivity index (χ3n) is 5.12. The SMILES string of the molecule is CCCn1cc(-c2nc(NC3CCCCC3N)nc3c2C(=O)NC3)cn1. The molecule has 2 aliphatic rings. The summed E-state index contributed by atoms with van der Waals surface area (Å²) in [5.41, 5.74) is 9.01. The Labute approximate surface area is 152 Å². The molecule has 8 nitrogen and oxygen atoms in total. The van der Waals surface area contributed by atoms with Crippen LogP contribution in [0.4, 0.5) is 5.95 Å². The van der Waals surface area contributed by atoms with Gasteiger partial charge in [-0.1, -0.05) is 19.8 Å². The van der Waals surface area contributed by atoms with Crippen LogP contribution in [0.1, 0.15) is 55.1 Å². The van der Waals surface area contributed by atoms with Crippen molar-refractivity contribution in [2.24, 2.45) is 5.73 Å². The van der Waals surface area contributed by atoms with Crippen molar-refractivity contribution in [3.05, 3.63) is 23.7 Å². The average Bonchev–Trinajstić information content (AvgIpc) is 3.24. The number of carbonyl (C=O) groups is 1. The summed E-state index contributed by atoms with van der Waals surface area (Å²) in [7, 11) is 0. The highest BCUT2D eigenvalue weighted by Gasteiger charge is 2.29. The van der Waals surface area contributed by atoms with Crippen molar-refractivity contribution >= 4 is 11.9 Å². The number of fused-ring (bicyclic) bond motifs is 1. The first-order chi connectivity index (χ1) is 12.7. The number of nitrogens with zero attached hydrogens (tertiary/aromatic N) is 4. The second-order valence-electron chi connectivity index (χ2n) is 7.09. The summed E-state index contributed by atoms with van der Waals surface area (Å²) < 4.78 is 1.88. The number of anilines is 1. The standard InChI is InChI=1S/C18H25N7O/c1-2-7-25-10-11(8-21-25)16-15-14(9-20-17(15)26)23-18(24-16)22-13-6-4-3-5-12(13)19/h8,10,12-13H,2-7,9,19H2,1H3,(H,20,26)(H,22,23,24). The number of amides is 1. The van der Waals surface area contributed by atoms with Gasteiger partial charge in [0.15, 0.2) is 0 Å². The molecular weight excluding hydrogens is 330 g/mol. The molecule has 2 unspecified atom stereocenters. The maximum atomic E-state index is 12.3. The van der Waals surface area contributed by atoms with Crippen LogP contribution < -0.4 is 16.4 Å². The van der Waals surface area contributed by atoms with E-state index in [-0.39, 0.29) is 18.0 Å². The van der Waals surface area contributed by atoms with E-state index in [1.165, 1.54) is 6.42 Å². The van der Waals surface area contributed by atoms with Crippen LogP contribution >= 0.6 is 0 Å². The fraction of sp³-hybridized carbons (Fsp3) is 0.556. The minimum Gasteiger partial charge on any atom is -0.350 e. The molecule has 3 heterocycles. The lowest BCUT2D eigenvalue weighted by molar-refractivity contribution is 0.0966. The van der Waals surface area contributed by atoms with Crippen LogP contribution in [0.15, 0.2) is 12.4 Å². The predicted molar refractivity (Wildman–Crippen MR) is 98.6 cm³/mol. The predicted octanol–water partition coefficient (Wildman–Crippen LogP) is 1.68. The van der Waals surface area contributed by atoms with E-state index in [1.807, 2.05) is 10.9 Å². The number of nitrogens with one attached hydrogen (secondary N) is 2. The highest BCUT2D eigenvalue weighted by molar-refractivity contribution is 6.03. The molecule has 4 N–H and O–H groups in total. The Morgan fingerprint density at radius 2 is 2.19 bits per heavy atom. The topological polar surface area (TPSA) is 111 Å². The summed E-state index contributed by atoms with van der Waals surface area (Å²) in [6.45, 7) is 3.37. The molecule has 1 aliphatic heterocycles. The zero-order valence-electron chi connectivity index (χ0n) is 15.0. The fourth-order valence-corrected chi connectivity index (χ4v) is 3.74. The highest BCUT2D eigenvalue weighted by atomic mass is 16.1. The smallest absolute Gasteiger partial charge is 0.255 e. The molecule has 138 valence electrons. The van der Waals surface area contributed by atoms with Gasteiger partial charge in [0, 0.05) is 30.4 Å². The van der Waals surface area contributed by atoms with Crippen molar-refractivity contribution in [2.45, 2.75) is 64.2 Å². The van der Waals surface area contributed by atoms with Gasteiger partial charge in [-0.2, -0.15) is 5.10 Å². The van der Waals surface area contributed by atoms with E-state index in [1.54, 1.807) is 6.20 Å². The molecule has 2 aromatic heterocycles. The minimum absolute atomic E-state index is 0.108. The quantitative estimate of drug-likeness (QED) is 0.752. The van der Waals surface area contributed by atoms with Crippen LogP contribution in [0.5, 0.6) is 0 Å². The summed E-state index contributed by atoms with van der Waals surface area (Å²) in [6.07, 6.45) is 9.06. The van der Waals surface area contributed by atoms with Gasteiger partial charge in [0.1, 0.15) is 0 Å². The van der Waals surface area contributed by atoms with E-state index in [4.69, 9.17) is 5.73 Å². The molecule has 1 aliphatic carbocycles. The first kappa shape index (κ1) is 17.0. The van der Waals surface area contributed by atoms with Crippen molar-refractivity contribution in [3.63, 3.8) is 0 Å². The van der Waals surface area contributed by atoms with Crippen molar-refractivity contribution in [1.29, 1.82) is 0 Å². The number of nitrogens with two attached hydrogens (primary N) is 1. The third kappa shape index (κ3) is 3.16. The van der Waals surface area contributed by atoms with Crippen molar-refractivity contribution < 1.29 is 4.79 Å². The zero-order chi connectivity index (χ0) is 18.1. The average molecular weight is 355 g/mol. The molecule has 1 saturated carbocycles. The normalized spacial score (nSPS) is 22.2. The molecule has 0 radical (unpaired) electrons. The molecule has 26 heavy (non-hydrogen) atoms. The number of rotatable bonds is 5. The van der Waals surface area contributed by atoms with E-state index < -0.39 is 0 Å². The number of hydrogen-bond acceptors (Lipinski definition) is 6. The zero-order valence-corrected chi connectivity index (χ0v) is 15.0. The summed E-state index contributed by atoms with van der Waals surface area (Å²) in [4.78, 5) is 21.5. The third-order valence-corrected chi connectivity index (χ3v) is 5.12. The van der Waals surface area contributed by atoms with E-state index in [0.29, 0.717) is 23.8 Å². The molecule has 2 atom stereocenters. The second-order valence-corrected chi connectivity index (χ2v) is 7.09. The Hall–Kier alpha value is -2.48. The summed E-state index contributed by atoms with van der Waals surface area (Å²) in [6, 6.07) is 0.277.